The fourth-order valence-electron chi connectivity index (χ4n) is 4.05. The number of morpholine rings is 1. The predicted molar refractivity (Wildman–Crippen MR) is 147 cm³/mol. The third kappa shape index (κ3) is 7.88. The number of aromatic nitrogens is 1. The van der Waals surface area contributed by atoms with Crippen LogP contribution in [0.3, 0.4) is 0 Å². The molecule has 0 radical (unpaired) electrons. The molecule has 0 bridgehead atoms. The van der Waals surface area contributed by atoms with E-state index in [1.807, 2.05) is 19.0 Å². The number of rotatable bonds is 10. The number of thiazole rings is 1. The topological polar surface area (TPSA) is 74.1 Å². The smallest absolute Gasteiger partial charge is 0.314 e. The molecule has 4 rings (SSSR count). The van der Waals surface area contributed by atoms with E-state index in [2.05, 4.69) is 49.7 Å². The lowest BCUT2D eigenvalue weighted by Gasteiger charge is -2.28. The Labute approximate surface area is 221 Å². The predicted octanol–water partition coefficient (Wildman–Crippen LogP) is 3.68. The molecule has 2 amide bonds. The Morgan fingerprint density at radius 2 is 1.76 bits per heavy atom. The zero-order chi connectivity index (χ0) is 26.0. The van der Waals surface area contributed by atoms with Crippen LogP contribution in [0.15, 0.2) is 58.9 Å². The van der Waals surface area contributed by atoms with Gasteiger partial charge in [0.05, 0.1) is 24.6 Å². The molecule has 0 saturated carbocycles. The molecule has 2 N–H and O–H groups in total. The van der Waals surface area contributed by atoms with Gasteiger partial charge in [0.2, 0.25) is 0 Å². The number of urea groups is 1. The Bertz CT molecular complexity index is 1200. The SMILES string of the molecule is CN(C)CCNC(=O)NCCCn1c(-c2ccc(N3CCOCC3)cc2)cs/c1=N/c1ccc(F)cc1. The summed E-state index contributed by atoms with van der Waals surface area (Å²) in [7, 11) is 3.94. The van der Waals surface area contributed by atoms with Crippen LogP contribution < -0.4 is 20.3 Å². The van der Waals surface area contributed by atoms with Crippen molar-refractivity contribution in [2.45, 2.75) is 13.0 Å². The molecule has 37 heavy (non-hydrogen) atoms. The monoisotopic (exact) mass is 526 g/mol. The van der Waals surface area contributed by atoms with E-state index >= 15 is 0 Å². The number of anilines is 1. The maximum absolute atomic E-state index is 13.4. The number of carbonyl (C=O) groups is 1. The fourth-order valence-corrected chi connectivity index (χ4v) is 5.01. The number of halogens is 1. The molecule has 1 fully saturated rings. The molecule has 10 heteroatoms. The molecule has 198 valence electrons. The summed E-state index contributed by atoms with van der Waals surface area (Å²) in [5, 5.41) is 7.90. The largest absolute Gasteiger partial charge is 0.378 e. The third-order valence-electron chi connectivity index (χ3n) is 6.08. The van der Waals surface area contributed by atoms with Crippen LogP contribution in [0.5, 0.6) is 0 Å². The number of benzene rings is 2. The zero-order valence-corrected chi connectivity index (χ0v) is 22.3. The molecule has 1 aliphatic heterocycles. The van der Waals surface area contributed by atoms with Crippen LogP contribution in [0, 0.1) is 5.82 Å². The lowest BCUT2D eigenvalue weighted by atomic mass is 10.1. The molecule has 1 aliphatic rings. The molecule has 2 aromatic carbocycles. The highest BCUT2D eigenvalue weighted by Gasteiger charge is 2.13. The Kier molecular flexibility index (Phi) is 9.70. The van der Waals surface area contributed by atoms with Gasteiger partial charge in [0.1, 0.15) is 5.82 Å². The second-order valence-electron chi connectivity index (χ2n) is 9.13. The van der Waals surface area contributed by atoms with Crippen molar-refractivity contribution < 1.29 is 13.9 Å². The number of ether oxygens (including phenoxy) is 1. The Morgan fingerprint density at radius 3 is 2.46 bits per heavy atom. The van der Waals surface area contributed by atoms with Gasteiger partial charge in [-0.2, -0.15) is 0 Å². The summed E-state index contributed by atoms with van der Waals surface area (Å²) in [5.74, 6) is -0.283. The van der Waals surface area contributed by atoms with E-state index in [0.29, 0.717) is 25.3 Å². The van der Waals surface area contributed by atoms with Crippen LogP contribution in [0.1, 0.15) is 6.42 Å². The molecule has 2 heterocycles. The van der Waals surface area contributed by atoms with Gasteiger partial charge in [-0.05, 0) is 62.5 Å². The first-order valence-electron chi connectivity index (χ1n) is 12.6. The highest BCUT2D eigenvalue weighted by atomic mass is 32.1. The zero-order valence-electron chi connectivity index (χ0n) is 21.5. The van der Waals surface area contributed by atoms with Crippen LogP contribution in [0.25, 0.3) is 11.3 Å². The number of nitrogens with zero attached hydrogens (tertiary/aromatic N) is 4. The number of likely N-dealkylation sites (N-methyl/N-ethyl adjacent to an activating group) is 1. The van der Waals surface area contributed by atoms with Gasteiger partial charge in [-0.1, -0.05) is 12.1 Å². The normalized spacial score (nSPS) is 14.3. The van der Waals surface area contributed by atoms with E-state index in [0.717, 1.165) is 55.3 Å². The van der Waals surface area contributed by atoms with E-state index in [9.17, 15) is 9.18 Å². The fraction of sp³-hybridized carbons (Fsp3) is 0.407. The Balaban J connectivity index is 1.49. The number of hydrogen-bond donors (Lipinski definition) is 2. The van der Waals surface area contributed by atoms with Crippen molar-refractivity contribution >= 4 is 28.7 Å². The van der Waals surface area contributed by atoms with E-state index in [1.54, 1.807) is 23.5 Å². The molecule has 0 unspecified atom stereocenters. The van der Waals surface area contributed by atoms with Crippen LogP contribution in [0.2, 0.25) is 0 Å². The van der Waals surface area contributed by atoms with Crippen LogP contribution in [-0.4, -0.2) is 75.5 Å². The van der Waals surface area contributed by atoms with Gasteiger partial charge in [-0.15, -0.1) is 11.3 Å². The van der Waals surface area contributed by atoms with Crippen molar-refractivity contribution in [2.75, 3.05) is 64.9 Å². The standard InChI is InChI=1S/C27H35FN6O2S/c1-32(2)15-13-30-26(35)29-12-3-14-34-25(20-37-27(34)31-23-8-6-22(28)7-9-23)21-4-10-24(11-5-21)33-16-18-36-19-17-33/h4-11,20H,3,12-19H2,1-2H3,(H2,29,30,35)/b31-27+. The first-order chi connectivity index (χ1) is 18.0. The summed E-state index contributed by atoms with van der Waals surface area (Å²) in [6, 6.07) is 14.6. The minimum atomic E-state index is -0.283. The molecular weight excluding hydrogens is 491 g/mol. The summed E-state index contributed by atoms with van der Waals surface area (Å²) in [5.41, 5.74) is 4.05. The van der Waals surface area contributed by atoms with Crippen molar-refractivity contribution in [1.82, 2.24) is 20.1 Å². The van der Waals surface area contributed by atoms with Crippen molar-refractivity contribution in [3.63, 3.8) is 0 Å². The minimum Gasteiger partial charge on any atom is -0.378 e. The molecule has 1 aromatic heterocycles. The molecule has 0 atom stereocenters. The third-order valence-corrected chi connectivity index (χ3v) is 6.94. The van der Waals surface area contributed by atoms with Gasteiger partial charge < -0.3 is 29.7 Å². The van der Waals surface area contributed by atoms with Gasteiger partial charge in [0.25, 0.3) is 0 Å². The number of carbonyl (C=O) groups excluding carboxylic acids is 1. The Morgan fingerprint density at radius 1 is 1.05 bits per heavy atom. The van der Waals surface area contributed by atoms with Crippen molar-refractivity contribution in [3.05, 3.63) is 64.5 Å². The average Bonchev–Trinajstić information content (AvgIpc) is 3.30. The van der Waals surface area contributed by atoms with Gasteiger partial charge in [0.15, 0.2) is 4.80 Å². The average molecular weight is 527 g/mol. The summed E-state index contributed by atoms with van der Waals surface area (Å²) in [4.78, 5) is 22.0. The maximum Gasteiger partial charge on any atom is 0.314 e. The summed E-state index contributed by atoms with van der Waals surface area (Å²) < 4.78 is 21.0. The Hall–Kier alpha value is -3.21. The minimum absolute atomic E-state index is 0.160. The molecular formula is C27H35FN6O2S. The number of amides is 2. The van der Waals surface area contributed by atoms with Gasteiger partial charge in [0, 0.05) is 50.3 Å². The second kappa shape index (κ2) is 13.4. The van der Waals surface area contributed by atoms with Crippen molar-refractivity contribution in [2.24, 2.45) is 4.99 Å². The van der Waals surface area contributed by atoms with E-state index in [-0.39, 0.29) is 11.8 Å². The summed E-state index contributed by atoms with van der Waals surface area (Å²) in [6.07, 6.45) is 0.743. The summed E-state index contributed by atoms with van der Waals surface area (Å²) >= 11 is 1.55. The molecule has 1 saturated heterocycles. The maximum atomic E-state index is 13.4. The van der Waals surface area contributed by atoms with E-state index in [1.165, 1.54) is 17.8 Å². The van der Waals surface area contributed by atoms with Gasteiger partial charge in [-0.25, -0.2) is 14.2 Å². The highest BCUT2D eigenvalue weighted by Crippen LogP contribution is 2.25. The first-order valence-corrected chi connectivity index (χ1v) is 13.5. The van der Waals surface area contributed by atoms with E-state index in [4.69, 9.17) is 9.73 Å². The van der Waals surface area contributed by atoms with Gasteiger partial charge in [-0.3, -0.25) is 0 Å². The van der Waals surface area contributed by atoms with E-state index < -0.39 is 0 Å². The van der Waals surface area contributed by atoms with Crippen LogP contribution in [0.4, 0.5) is 20.6 Å². The van der Waals surface area contributed by atoms with Crippen LogP contribution in [-0.2, 0) is 11.3 Å². The summed E-state index contributed by atoms with van der Waals surface area (Å²) in [6.45, 7) is 5.92. The second-order valence-corrected chi connectivity index (χ2v) is 9.97. The first kappa shape index (κ1) is 26.8. The molecule has 0 aliphatic carbocycles. The lowest BCUT2D eigenvalue weighted by molar-refractivity contribution is 0.122. The molecule has 8 nitrogen and oxygen atoms in total. The number of nitrogens with one attached hydrogen (secondary N) is 2. The number of hydrogen-bond acceptors (Lipinski definition) is 6. The van der Waals surface area contributed by atoms with Crippen molar-refractivity contribution in [3.8, 4) is 11.3 Å². The quantitative estimate of drug-likeness (QED) is 0.396. The van der Waals surface area contributed by atoms with Gasteiger partial charge >= 0.3 is 6.03 Å². The lowest BCUT2D eigenvalue weighted by Crippen LogP contribution is -2.39. The van der Waals surface area contributed by atoms with Crippen LogP contribution >= 0.6 is 11.3 Å². The molecule has 0 spiro atoms. The van der Waals surface area contributed by atoms with Crippen molar-refractivity contribution in [1.29, 1.82) is 0 Å². The molecule has 3 aromatic rings. The highest BCUT2D eigenvalue weighted by molar-refractivity contribution is 7.07.